The van der Waals surface area contributed by atoms with E-state index in [0.717, 1.165) is 31.1 Å². The zero-order valence-corrected chi connectivity index (χ0v) is 13.4. The number of rotatable bonds is 5. The van der Waals surface area contributed by atoms with Crippen molar-refractivity contribution in [2.45, 2.75) is 64.6 Å². The number of aromatic nitrogens is 2. The molecule has 3 rings (SSSR count). The highest BCUT2D eigenvalue weighted by atomic mass is 15.2. The molecule has 0 bridgehead atoms. The maximum atomic E-state index is 4.89. The second kappa shape index (κ2) is 6.61. The van der Waals surface area contributed by atoms with E-state index in [0.29, 0.717) is 0 Å². The van der Waals surface area contributed by atoms with Gasteiger partial charge in [-0.1, -0.05) is 38.3 Å². The smallest absolute Gasteiger partial charge is 0.124 e. The predicted octanol–water partition coefficient (Wildman–Crippen LogP) is 4.21. The van der Waals surface area contributed by atoms with E-state index in [1.165, 1.54) is 43.4 Å². The van der Waals surface area contributed by atoms with Crippen LogP contribution in [-0.4, -0.2) is 27.5 Å². The Bertz CT molecular complexity index is 581. The van der Waals surface area contributed by atoms with Gasteiger partial charge in [-0.2, -0.15) is 0 Å². The van der Waals surface area contributed by atoms with E-state index < -0.39 is 0 Å². The van der Waals surface area contributed by atoms with E-state index in [-0.39, 0.29) is 0 Å². The quantitative estimate of drug-likeness (QED) is 0.820. The summed E-state index contributed by atoms with van der Waals surface area (Å²) >= 11 is 0. The summed E-state index contributed by atoms with van der Waals surface area (Å²) in [5.41, 5.74) is 2.42. The topological polar surface area (TPSA) is 21.1 Å². The maximum absolute atomic E-state index is 4.89. The Labute approximate surface area is 128 Å². The summed E-state index contributed by atoms with van der Waals surface area (Å²) in [7, 11) is 2.27. The summed E-state index contributed by atoms with van der Waals surface area (Å²) in [6.07, 6.45) is 8.05. The minimum Gasteiger partial charge on any atom is -0.327 e. The van der Waals surface area contributed by atoms with Crippen molar-refractivity contribution >= 4 is 11.0 Å². The van der Waals surface area contributed by atoms with Crippen LogP contribution in [0, 0.1) is 0 Å². The Hall–Kier alpha value is -1.35. The van der Waals surface area contributed by atoms with Crippen LogP contribution < -0.4 is 0 Å². The molecule has 1 saturated carbocycles. The SMILES string of the molecule is CCCn1c(CN(C)C2CCCCC2)nc2ccccc21. The third-order valence-electron chi connectivity index (χ3n) is 4.77. The molecule has 0 radical (unpaired) electrons. The molecule has 3 heteroatoms. The fraction of sp³-hybridized carbons (Fsp3) is 0.611. The van der Waals surface area contributed by atoms with Gasteiger partial charge in [-0.15, -0.1) is 0 Å². The van der Waals surface area contributed by atoms with Crippen molar-refractivity contribution in [2.24, 2.45) is 0 Å². The Kier molecular flexibility index (Phi) is 4.59. The van der Waals surface area contributed by atoms with Gasteiger partial charge in [-0.25, -0.2) is 4.98 Å². The lowest BCUT2D eigenvalue weighted by atomic mass is 9.94. The minimum absolute atomic E-state index is 0.744. The number of hydrogen-bond acceptors (Lipinski definition) is 2. The molecule has 1 aliphatic rings. The molecular formula is C18H27N3. The summed E-state index contributed by atoms with van der Waals surface area (Å²) in [6.45, 7) is 4.27. The first-order chi connectivity index (χ1) is 10.3. The number of benzene rings is 1. The average Bonchev–Trinajstić information content (AvgIpc) is 2.86. The van der Waals surface area contributed by atoms with Gasteiger partial charge in [-0.05, 0) is 38.4 Å². The van der Waals surface area contributed by atoms with Crippen molar-refractivity contribution in [1.29, 1.82) is 0 Å². The van der Waals surface area contributed by atoms with Crippen LogP contribution in [0.4, 0.5) is 0 Å². The fourth-order valence-corrected chi connectivity index (χ4v) is 3.59. The standard InChI is InChI=1S/C18H27N3/c1-3-13-21-17-12-8-7-11-16(17)19-18(21)14-20(2)15-9-5-4-6-10-15/h7-8,11-12,15H,3-6,9-10,13-14H2,1-2H3. The normalized spacial score (nSPS) is 16.9. The van der Waals surface area contributed by atoms with Crippen LogP contribution >= 0.6 is 0 Å². The van der Waals surface area contributed by atoms with Crippen molar-refractivity contribution in [3.8, 4) is 0 Å². The number of aryl methyl sites for hydroxylation is 1. The van der Waals surface area contributed by atoms with Gasteiger partial charge >= 0.3 is 0 Å². The van der Waals surface area contributed by atoms with Gasteiger partial charge in [0.1, 0.15) is 5.82 Å². The van der Waals surface area contributed by atoms with Crippen LogP contribution in [0.25, 0.3) is 11.0 Å². The first-order valence-corrected chi connectivity index (χ1v) is 8.44. The van der Waals surface area contributed by atoms with Crippen LogP contribution in [-0.2, 0) is 13.1 Å². The third kappa shape index (κ3) is 3.13. The largest absolute Gasteiger partial charge is 0.327 e. The van der Waals surface area contributed by atoms with Gasteiger partial charge in [0.25, 0.3) is 0 Å². The van der Waals surface area contributed by atoms with Crippen molar-refractivity contribution < 1.29 is 0 Å². The molecular weight excluding hydrogens is 258 g/mol. The van der Waals surface area contributed by atoms with Crippen molar-refractivity contribution in [1.82, 2.24) is 14.5 Å². The highest BCUT2D eigenvalue weighted by Gasteiger charge is 2.20. The summed E-state index contributed by atoms with van der Waals surface area (Å²) in [6, 6.07) is 9.27. The fourth-order valence-electron chi connectivity index (χ4n) is 3.59. The van der Waals surface area contributed by atoms with E-state index in [2.05, 4.69) is 47.7 Å². The van der Waals surface area contributed by atoms with Gasteiger partial charge in [-0.3, -0.25) is 4.90 Å². The lowest BCUT2D eigenvalue weighted by Gasteiger charge is -2.31. The van der Waals surface area contributed by atoms with Gasteiger partial charge in [0.05, 0.1) is 17.6 Å². The number of para-hydroxylation sites is 2. The molecule has 2 aromatic rings. The number of hydrogen-bond donors (Lipinski definition) is 0. The van der Waals surface area contributed by atoms with Crippen LogP contribution in [0.2, 0.25) is 0 Å². The Balaban J connectivity index is 1.83. The van der Waals surface area contributed by atoms with Gasteiger partial charge in [0.2, 0.25) is 0 Å². The van der Waals surface area contributed by atoms with E-state index in [1.807, 2.05) is 0 Å². The lowest BCUT2D eigenvalue weighted by Crippen LogP contribution is -2.33. The molecule has 3 nitrogen and oxygen atoms in total. The first-order valence-electron chi connectivity index (χ1n) is 8.44. The van der Waals surface area contributed by atoms with Crippen molar-refractivity contribution in [3.63, 3.8) is 0 Å². The van der Waals surface area contributed by atoms with Gasteiger partial charge in [0.15, 0.2) is 0 Å². The molecule has 0 amide bonds. The first kappa shape index (κ1) is 14.6. The monoisotopic (exact) mass is 285 g/mol. The molecule has 0 aliphatic heterocycles. The maximum Gasteiger partial charge on any atom is 0.124 e. The highest BCUT2D eigenvalue weighted by molar-refractivity contribution is 5.75. The molecule has 0 N–H and O–H groups in total. The van der Waals surface area contributed by atoms with E-state index in [9.17, 15) is 0 Å². The zero-order valence-electron chi connectivity index (χ0n) is 13.4. The predicted molar refractivity (Wildman–Crippen MR) is 88.4 cm³/mol. The molecule has 1 fully saturated rings. The van der Waals surface area contributed by atoms with Crippen LogP contribution in [0.3, 0.4) is 0 Å². The van der Waals surface area contributed by atoms with E-state index in [4.69, 9.17) is 4.98 Å². The molecule has 0 spiro atoms. The summed E-state index contributed by atoms with van der Waals surface area (Å²) < 4.78 is 2.41. The molecule has 114 valence electrons. The minimum atomic E-state index is 0.744. The summed E-state index contributed by atoms with van der Waals surface area (Å²) in [5.74, 6) is 1.23. The number of nitrogens with zero attached hydrogens (tertiary/aromatic N) is 3. The van der Waals surface area contributed by atoms with Gasteiger partial charge in [0, 0.05) is 12.6 Å². The molecule has 0 saturated heterocycles. The van der Waals surface area contributed by atoms with Crippen LogP contribution in [0.1, 0.15) is 51.3 Å². The van der Waals surface area contributed by atoms with E-state index in [1.54, 1.807) is 0 Å². The molecule has 0 atom stereocenters. The van der Waals surface area contributed by atoms with Gasteiger partial charge < -0.3 is 4.57 Å². The van der Waals surface area contributed by atoms with Crippen LogP contribution in [0.5, 0.6) is 0 Å². The molecule has 21 heavy (non-hydrogen) atoms. The molecule has 1 aromatic carbocycles. The second-order valence-electron chi connectivity index (χ2n) is 6.38. The summed E-state index contributed by atoms with van der Waals surface area (Å²) in [5, 5.41) is 0. The Morgan fingerprint density at radius 3 is 2.71 bits per heavy atom. The third-order valence-corrected chi connectivity index (χ3v) is 4.77. The van der Waals surface area contributed by atoms with E-state index >= 15 is 0 Å². The van der Waals surface area contributed by atoms with Crippen molar-refractivity contribution in [2.75, 3.05) is 7.05 Å². The lowest BCUT2D eigenvalue weighted by molar-refractivity contribution is 0.179. The molecule has 1 heterocycles. The van der Waals surface area contributed by atoms with Crippen molar-refractivity contribution in [3.05, 3.63) is 30.1 Å². The zero-order chi connectivity index (χ0) is 14.7. The average molecular weight is 285 g/mol. The second-order valence-corrected chi connectivity index (χ2v) is 6.38. The summed E-state index contributed by atoms with van der Waals surface area (Å²) in [4.78, 5) is 7.41. The number of imidazole rings is 1. The Morgan fingerprint density at radius 1 is 1.19 bits per heavy atom. The Morgan fingerprint density at radius 2 is 1.95 bits per heavy atom. The molecule has 0 unspecified atom stereocenters. The molecule has 1 aliphatic carbocycles. The molecule has 1 aromatic heterocycles. The number of fused-ring (bicyclic) bond motifs is 1. The highest BCUT2D eigenvalue weighted by Crippen LogP contribution is 2.24. The van der Waals surface area contributed by atoms with Crippen LogP contribution in [0.15, 0.2) is 24.3 Å².